The number of carbonyl (C=O) groups excluding carboxylic acids is 1. The molecule has 1 aromatic carbocycles. The van der Waals surface area contributed by atoms with Crippen LogP contribution in [0.25, 0.3) is 0 Å². The van der Waals surface area contributed by atoms with E-state index in [2.05, 4.69) is 11.8 Å². The second-order valence-electron chi connectivity index (χ2n) is 7.05. The van der Waals surface area contributed by atoms with E-state index in [4.69, 9.17) is 0 Å². The summed E-state index contributed by atoms with van der Waals surface area (Å²) in [6.07, 6.45) is 1.59. The Morgan fingerprint density at radius 2 is 1.92 bits per heavy atom. The fraction of sp³-hybridized carbons (Fsp3) is 0.579. The molecule has 0 spiro atoms. The predicted molar refractivity (Wildman–Crippen MR) is 97.0 cm³/mol. The average Bonchev–Trinajstić information content (AvgIpc) is 3.46. The molecular formula is C19H26FN3O3. The van der Waals surface area contributed by atoms with Gasteiger partial charge in [-0.3, -0.25) is 4.79 Å². The highest BCUT2D eigenvalue weighted by Gasteiger charge is 2.39. The molecule has 1 saturated carbocycles. The average molecular weight is 363 g/mol. The monoisotopic (exact) mass is 363 g/mol. The molecule has 0 radical (unpaired) electrons. The molecule has 1 heterocycles. The van der Waals surface area contributed by atoms with Gasteiger partial charge in [0.05, 0.1) is 5.69 Å². The van der Waals surface area contributed by atoms with Gasteiger partial charge in [-0.15, -0.1) is 0 Å². The van der Waals surface area contributed by atoms with E-state index >= 15 is 0 Å². The van der Waals surface area contributed by atoms with Crippen LogP contribution in [0.4, 0.5) is 10.1 Å². The van der Waals surface area contributed by atoms with Gasteiger partial charge in [-0.05, 0) is 44.5 Å². The van der Waals surface area contributed by atoms with Crippen molar-refractivity contribution in [1.29, 1.82) is 0 Å². The number of rotatable bonds is 6. The second kappa shape index (κ2) is 7.61. The summed E-state index contributed by atoms with van der Waals surface area (Å²) in [6, 6.07) is 3.52. The van der Waals surface area contributed by atoms with Crippen molar-refractivity contribution < 1.29 is 19.1 Å². The van der Waals surface area contributed by atoms with Crippen molar-refractivity contribution in [3.05, 3.63) is 29.6 Å². The molecule has 6 nitrogen and oxygen atoms in total. The van der Waals surface area contributed by atoms with Crippen LogP contribution in [0.2, 0.25) is 0 Å². The number of nitrogens with zero attached hydrogens (tertiary/aromatic N) is 3. The topological polar surface area (TPSA) is 64.1 Å². The molecule has 0 aromatic heterocycles. The molecule has 0 bridgehead atoms. The normalized spacial score (nSPS) is 19.3. The largest absolute Gasteiger partial charge is 0.480 e. The first-order chi connectivity index (χ1) is 12.4. The lowest BCUT2D eigenvalue weighted by molar-refractivity contribution is -0.141. The summed E-state index contributed by atoms with van der Waals surface area (Å²) in [5.41, 5.74) is 0.708. The van der Waals surface area contributed by atoms with Crippen LogP contribution < -0.4 is 4.90 Å². The van der Waals surface area contributed by atoms with Gasteiger partial charge < -0.3 is 19.8 Å². The van der Waals surface area contributed by atoms with Crippen LogP contribution >= 0.6 is 0 Å². The van der Waals surface area contributed by atoms with Crippen molar-refractivity contribution in [1.82, 2.24) is 9.80 Å². The van der Waals surface area contributed by atoms with Crippen molar-refractivity contribution >= 4 is 17.6 Å². The molecule has 3 rings (SSSR count). The van der Waals surface area contributed by atoms with Crippen molar-refractivity contribution in [2.24, 2.45) is 0 Å². The highest BCUT2D eigenvalue weighted by Crippen LogP contribution is 2.31. The lowest BCUT2D eigenvalue weighted by atomic mass is 10.1. The van der Waals surface area contributed by atoms with E-state index in [1.807, 2.05) is 4.90 Å². The third-order valence-corrected chi connectivity index (χ3v) is 5.30. The predicted octanol–water partition coefficient (Wildman–Crippen LogP) is 2.05. The van der Waals surface area contributed by atoms with Gasteiger partial charge in [-0.1, -0.05) is 6.92 Å². The molecule has 1 saturated heterocycles. The zero-order valence-corrected chi connectivity index (χ0v) is 15.3. The van der Waals surface area contributed by atoms with Crippen molar-refractivity contribution in [2.45, 2.75) is 38.8 Å². The van der Waals surface area contributed by atoms with Gasteiger partial charge in [0, 0.05) is 37.8 Å². The van der Waals surface area contributed by atoms with Gasteiger partial charge in [0.1, 0.15) is 11.9 Å². The lowest BCUT2D eigenvalue weighted by Gasteiger charge is -2.35. The molecule has 2 fully saturated rings. The minimum absolute atomic E-state index is 0.0570. The smallest absolute Gasteiger partial charge is 0.326 e. The van der Waals surface area contributed by atoms with E-state index in [0.29, 0.717) is 5.69 Å². The summed E-state index contributed by atoms with van der Waals surface area (Å²) in [5, 5.41) is 9.26. The highest BCUT2D eigenvalue weighted by atomic mass is 19.1. The Morgan fingerprint density at radius 3 is 2.42 bits per heavy atom. The molecule has 1 atom stereocenters. The summed E-state index contributed by atoms with van der Waals surface area (Å²) in [4.78, 5) is 29.8. The van der Waals surface area contributed by atoms with Crippen LogP contribution in [-0.4, -0.2) is 71.6 Å². The van der Waals surface area contributed by atoms with Crippen LogP contribution in [0.5, 0.6) is 0 Å². The molecule has 1 aliphatic carbocycles. The molecule has 26 heavy (non-hydrogen) atoms. The summed E-state index contributed by atoms with van der Waals surface area (Å²) in [5.74, 6) is -1.89. The number of benzene rings is 1. The van der Waals surface area contributed by atoms with Crippen LogP contribution in [0, 0.1) is 5.82 Å². The SMILES string of the molecule is CCN1CCN(c2ccc(C(=O)N(C3CC3)C(C)C(=O)O)cc2F)CC1. The Hall–Kier alpha value is -2.15. The minimum atomic E-state index is -1.05. The van der Waals surface area contributed by atoms with Crippen LogP contribution in [0.15, 0.2) is 18.2 Å². The maximum absolute atomic E-state index is 14.7. The Bertz CT molecular complexity index is 685. The Morgan fingerprint density at radius 1 is 1.27 bits per heavy atom. The van der Waals surface area contributed by atoms with Gasteiger partial charge in [0.2, 0.25) is 0 Å². The van der Waals surface area contributed by atoms with Crippen LogP contribution in [0.1, 0.15) is 37.0 Å². The van der Waals surface area contributed by atoms with Gasteiger partial charge >= 0.3 is 5.97 Å². The number of carboxylic acids is 1. The number of carbonyl (C=O) groups is 2. The summed E-state index contributed by atoms with van der Waals surface area (Å²) in [6.45, 7) is 7.88. The number of halogens is 1. The zero-order chi connectivity index (χ0) is 18.8. The van der Waals surface area contributed by atoms with E-state index in [1.54, 1.807) is 12.1 Å². The van der Waals surface area contributed by atoms with E-state index in [1.165, 1.54) is 17.9 Å². The number of hydrogen-bond acceptors (Lipinski definition) is 4. The van der Waals surface area contributed by atoms with E-state index in [9.17, 15) is 19.1 Å². The molecule has 142 valence electrons. The lowest BCUT2D eigenvalue weighted by Crippen LogP contribution is -2.46. The molecule has 7 heteroatoms. The number of hydrogen-bond donors (Lipinski definition) is 1. The highest BCUT2D eigenvalue weighted by molar-refractivity contribution is 5.97. The van der Waals surface area contributed by atoms with E-state index in [0.717, 1.165) is 45.6 Å². The van der Waals surface area contributed by atoms with E-state index < -0.39 is 23.7 Å². The molecule has 1 aliphatic heterocycles. The Balaban J connectivity index is 1.76. The number of likely N-dealkylation sites (N-methyl/N-ethyl adjacent to an activating group) is 1. The zero-order valence-electron chi connectivity index (χ0n) is 15.3. The molecule has 1 amide bonds. The Kier molecular flexibility index (Phi) is 5.46. The second-order valence-corrected chi connectivity index (χ2v) is 7.05. The first-order valence-corrected chi connectivity index (χ1v) is 9.24. The fourth-order valence-electron chi connectivity index (χ4n) is 3.48. The Labute approximate surface area is 153 Å². The standard InChI is InChI=1S/C19H26FN3O3/c1-3-21-8-10-22(11-9-21)17-7-4-14(12-16(17)20)18(24)23(15-5-6-15)13(2)19(25)26/h4,7,12-13,15H,3,5-6,8-11H2,1-2H3,(H,25,26). The summed E-state index contributed by atoms with van der Waals surface area (Å²) < 4.78 is 14.7. The summed E-state index contributed by atoms with van der Waals surface area (Å²) in [7, 11) is 0. The van der Waals surface area contributed by atoms with Gasteiger partial charge in [0.25, 0.3) is 5.91 Å². The van der Waals surface area contributed by atoms with Gasteiger partial charge in [-0.2, -0.15) is 0 Å². The minimum Gasteiger partial charge on any atom is -0.480 e. The maximum atomic E-state index is 14.7. The number of amides is 1. The third kappa shape index (κ3) is 3.82. The van der Waals surface area contributed by atoms with Crippen molar-refractivity contribution in [3.63, 3.8) is 0 Å². The fourth-order valence-corrected chi connectivity index (χ4v) is 3.48. The number of carboxylic acid groups (broad SMARTS) is 1. The first-order valence-electron chi connectivity index (χ1n) is 9.24. The van der Waals surface area contributed by atoms with E-state index in [-0.39, 0.29) is 11.6 Å². The number of aliphatic carboxylic acids is 1. The molecular weight excluding hydrogens is 337 g/mol. The third-order valence-electron chi connectivity index (χ3n) is 5.30. The van der Waals surface area contributed by atoms with Gasteiger partial charge in [0.15, 0.2) is 0 Å². The number of piperazine rings is 1. The van der Waals surface area contributed by atoms with Crippen LogP contribution in [0.3, 0.4) is 0 Å². The van der Waals surface area contributed by atoms with Crippen molar-refractivity contribution in [3.8, 4) is 0 Å². The quantitative estimate of drug-likeness (QED) is 0.838. The molecule has 2 aliphatic rings. The molecule has 1 aromatic rings. The molecule has 1 N–H and O–H groups in total. The maximum Gasteiger partial charge on any atom is 0.326 e. The number of anilines is 1. The van der Waals surface area contributed by atoms with Gasteiger partial charge in [-0.25, -0.2) is 9.18 Å². The molecule has 1 unspecified atom stereocenters. The summed E-state index contributed by atoms with van der Waals surface area (Å²) >= 11 is 0. The van der Waals surface area contributed by atoms with Crippen LogP contribution in [-0.2, 0) is 4.79 Å². The first kappa shape index (κ1) is 18.6. The van der Waals surface area contributed by atoms with Crippen molar-refractivity contribution in [2.75, 3.05) is 37.6 Å².